The fourth-order valence-corrected chi connectivity index (χ4v) is 5.79. The second-order valence-corrected chi connectivity index (χ2v) is 11.3. The van der Waals surface area contributed by atoms with E-state index in [2.05, 4.69) is 19.2 Å². The predicted octanol–water partition coefficient (Wildman–Crippen LogP) is 7.24. The molecular formula is C33H29N3O5. The zero-order valence-corrected chi connectivity index (χ0v) is 22.8. The van der Waals surface area contributed by atoms with Crippen molar-refractivity contribution in [2.24, 2.45) is 5.41 Å². The summed E-state index contributed by atoms with van der Waals surface area (Å²) in [5.74, 6) is 0.725. The van der Waals surface area contributed by atoms with Crippen molar-refractivity contribution in [3.05, 3.63) is 124 Å². The Labute approximate surface area is 237 Å². The molecule has 41 heavy (non-hydrogen) atoms. The van der Waals surface area contributed by atoms with E-state index < -0.39 is 11.0 Å². The molecule has 2 heterocycles. The Morgan fingerprint density at radius 3 is 2.41 bits per heavy atom. The summed E-state index contributed by atoms with van der Waals surface area (Å²) >= 11 is 0. The van der Waals surface area contributed by atoms with E-state index in [1.165, 1.54) is 12.1 Å². The van der Waals surface area contributed by atoms with Gasteiger partial charge in [-0.15, -0.1) is 0 Å². The molecule has 0 bridgehead atoms. The fourth-order valence-electron chi connectivity index (χ4n) is 5.79. The third-order valence-electron chi connectivity index (χ3n) is 7.63. The number of fused-ring (bicyclic) bond motifs is 1. The van der Waals surface area contributed by atoms with Crippen LogP contribution in [0.2, 0.25) is 0 Å². The molecule has 0 saturated heterocycles. The monoisotopic (exact) mass is 547 g/mol. The first-order valence-corrected chi connectivity index (χ1v) is 13.5. The van der Waals surface area contributed by atoms with Crippen LogP contribution < -0.4 is 10.2 Å². The maximum Gasteiger partial charge on any atom is 0.269 e. The summed E-state index contributed by atoms with van der Waals surface area (Å²) in [4.78, 5) is 40.5. The van der Waals surface area contributed by atoms with Crippen LogP contribution in [-0.2, 0) is 16.0 Å². The van der Waals surface area contributed by atoms with Gasteiger partial charge in [-0.05, 0) is 53.8 Å². The number of allylic oxidation sites excluding steroid dienone is 1. The molecular weight excluding hydrogens is 518 g/mol. The first-order chi connectivity index (χ1) is 19.7. The minimum absolute atomic E-state index is 0.0186. The molecule has 206 valence electrons. The van der Waals surface area contributed by atoms with E-state index in [4.69, 9.17) is 4.42 Å². The molecule has 8 nitrogen and oxygen atoms in total. The lowest BCUT2D eigenvalue weighted by atomic mass is 9.74. The number of carbonyl (C=O) groups is 2. The molecule has 6 rings (SSSR count). The lowest BCUT2D eigenvalue weighted by molar-refractivity contribution is -0.384. The van der Waals surface area contributed by atoms with E-state index >= 15 is 0 Å². The molecule has 1 atom stereocenters. The molecule has 1 N–H and O–H groups in total. The molecule has 1 amide bonds. The zero-order chi connectivity index (χ0) is 28.7. The number of para-hydroxylation sites is 2. The third kappa shape index (κ3) is 5.04. The quantitative estimate of drug-likeness (QED) is 0.209. The van der Waals surface area contributed by atoms with Gasteiger partial charge < -0.3 is 9.73 Å². The maximum atomic E-state index is 14.2. The van der Waals surface area contributed by atoms with Gasteiger partial charge in [-0.25, -0.2) is 0 Å². The summed E-state index contributed by atoms with van der Waals surface area (Å²) in [6, 6.07) is 26.0. The highest BCUT2D eigenvalue weighted by molar-refractivity contribution is 6.06. The van der Waals surface area contributed by atoms with Crippen LogP contribution in [0, 0.1) is 15.5 Å². The minimum Gasteiger partial charge on any atom is -0.459 e. The number of amides is 1. The normalized spacial score (nSPS) is 17.8. The summed E-state index contributed by atoms with van der Waals surface area (Å²) < 4.78 is 6.38. The zero-order valence-electron chi connectivity index (χ0n) is 22.8. The highest BCUT2D eigenvalue weighted by atomic mass is 16.6. The van der Waals surface area contributed by atoms with E-state index in [9.17, 15) is 19.7 Å². The van der Waals surface area contributed by atoms with Gasteiger partial charge >= 0.3 is 0 Å². The lowest BCUT2D eigenvalue weighted by Crippen LogP contribution is -2.40. The van der Waals surface area contributed by atoms with Gasteiger partial charge in [-0.3, -0.25) is 24.6 Å². The molecule has 0 radical (unpaired) electrons. The first-order valence-electron chi connectivity index (χ1n) is 13.5. The van der Waals surface area contributed by atoms with Gasteiger partial charge in [0.05, 0.1) is 22.7 Å². The molecule has 0 unspecified atom stereocenters. The molecule has 0 saturated carbocycles. The van der Waals surface area contributed by atoms with Gasteiger partial charge in [-0.2, -0.15) is 0 Å². The van der Waals surface area contributed by atoms with Crippen molar-refractivity contribution < 1.29 is 18.9 Å². The number of nitrogens with zero attached hydrogens (tertiary/aromatic N) is 2. The van der Waals surface area contributed by atoms with Crippen LogP contribution >= 0.6 is 0 Å². The number of non-ortho nitro benzene ring substituents is 1. The van der Waals surface area contributed by atoms with E-state index in [0.717, 1.165) is 16.9 Å². The molecule has 0 spiro atoms. The Hall–Kier alpha value is -4.98. The number of hydrogen-bond donors (Lipinski definition) is 1. The molecule has 0 fully saturated rings. The van der Waals surface area contributed by atoms with Crippen molar-refractivity contribution >= 4 is 28.8 Å². The summed E-state index contributed by atoms with van der Waals surface area (Å²) in [5, 5.41) is 14.6. The van der Waals surface area contributed by atoms with E-state index in [1.54, 1.807) is 29.2 Å². The van der Waals surface area contributed by atoms with Gasteiger partial charge in [0.1, 0.15) is 17.6 Å². The van der Waals surface area contributed by atoms with Crippen molar-refractivity contribution in [3.8, 4) is 11.3 Å². The van der Waals surface area contributed by atoms with Crippen molar-refractivity contribution in [2.45, 2.75) is 39.2 Å². The number of nitrogens with one attached hydrogen (secondary N) is 1. The first kappa shape index (κ1) is 26.3. The number of nitro groups is 1. The van der Waals surface area contributed by atoms with Crippen LogP contribution in [-0.4, -0.2) is 16.6 Å². The number of ketones is 1. The van der Waals surface area contributed by atoms with Crippen LogP contribution in [0.3, 0.4) is 0 Å². The standard InChI is InChI=1S/C33H29N3O5/c1-33(2)19-25-31(27(37)20-33)32(29-17-16-28(41-29)22-12-14-23(15-13-22)36(39)40)35(26-11-7-6-10-24(26)34-25)30(38)18-21-8-4-3-5-9-21/h3-17,32,34H,18-20H2,1-2H3/t32-/m1/s1. The molecule has 1 aromatic heterocycles. The highest BCUT2D eigenvalue weighted by Gasteiger charge is 2.44. The van der Waals surface area contributed by atoms with E-state index in [-0.39, 0.29) is 29.2 Å². The van der Waals surface area contributed by atoms with Gasteiger partial charge in [-0.1, -0.05) is 56.3 Å². The van der Waals surface area contributed by atoms with Crippen LogP contribution in [0.5, 0.6) is 0 Å². The Morgan fingerprint density at radius 1 is 0.976 bits per heavy atom. The van der Waals surface area contributed by atoms with Crippen LogP contribution in [0.4, 0.5) is 17.1 Å². The van der Waals surface area contributed by atoms with Gasteiger partial charge in [0.25, 0.3) is 5.69 Å². The number of rotatable bonds is 5. The summed E-state index contributed by atoms with van der Waals surface area (Å²) in [5.41, 5.74) is 3.96. The van der Waals surface area contributed by atoms with Crippen LogP contribution in [0.25, 0.3) is 11.3 Å². The smallest absolute Gasteiger partial charge is 0.269 e. The fraction of sp³-hybridized carbons (Fsp3) is 0.212. The Balaban J connectivity index is 1.51. The summed E-state index contributed by atoms with van der Waals surface area (Å²) in [6.07, 6.45) is 1.12. The second-order valence-electron chi connectivity index (χ2n) is 11.3. The Kier molecular flexibility index (Phi) is 6.53. The number of furan rings is 1. The highest BCUT2D eigenvalue weighted by Crippen LogP contribution is 2.49. The summed E-state index contributed by atoms with van der Waals surface area (Å²) in [7, 11) is 0. The number of hydrogen-bond acceptors (Lipinski definition) is 6. The van der Waals surface area contributed by atoms with Crippen molar-refractivity contribution in [1.82, 2.24) is 0 Å². The van der Waals surface area contributed by atoms with Gasteiger partial charge in [0.2, 0.25) is 5.91 Å². The van der Waals surface area contributed by atoms with Crippen LogP contribution in [0.15, 0.2) is 107 Å². The molecule has 1 aliphatic carbocycles. The maximum absolute atomic E-state index is 14.2. The Morgan fingerprint density at radius 2 is 1.68 bits per heavy atom. The molecule has 1 aliphatic heterocycles. The van der Waals surface area contributed by atoms with Crippen molar-refractivity contribution in [3.63, 3.8) is 0 Å². The van der Waals surface area contributed by atoms with Gasteiger partial charge in [0, 0.05) is 35.4 Å². The summed E-state index contributed by atoms with van der Waals surface area (Å²) in [6.45, 7) is 4.14. The number of benzene rings is 3. The van der Waals surface area contributed by atoms with Crippen LogP contribution in [0.1, 0.15) is 44.1 Å². The SMILES string of the molecule is CC1(C)CC(=O)C2=C(C1)Nc1ccccc1N(C(=O)Cc1ccccc1)[C@@H]2c1ccc(-c2ccc([N+](=O)[O-])cc2)o1. The number of anilines is 2. The molecule has 3 aromatic carbocycles. The predicted molar refractivity (Wildman–Crippen MR) is 156 cm³/mol. The minimum atomic E-state index is -0.798. The average molecular weight is 548 g/mol. The number of nitro benzene ring substituents is 1. The number of Topliss-reactive ketones (excluding diaryl/α,β-unsaturated/α-hetero) is 1. The molecule has 2 aliphatic rings. The second kappa shape index (κ2) is 10.2. The van der Waals surface area contributed by atoms with E-state index in [0.29, 0.717) is 41.2 Å². The number of carbonyl (C=O) groups excluding carboxylic acids is 2. The molecule has 4 aromatic rings. The topological polar surface area (TPSA) is 106 Å². The lowest BCUT2D eigenvalue weighted by Gasteiger charge is -2.36. The third-order valence-corrected chi connectivity index (χ3v) is 7.63. The van der Waals surface area contributed by atoms with Crippen molar-refractivity contribution in [1.29, 1.82) is 0 Å². The Bertz CT molecular complexity index is 1690. The average Bonchev–Trinajstić information content (AvgIpc) is 3.37. The molecule has 8 heteroatoms. The largest absolute Gasteiger partial charge is 0.459 e. The van der Waals surface area contributed by atoms with Gasteiger partial charge in [0.15, 0.2) is 5.78 Å². The van der Waals surface area contributed by atoms with E-state index in [1.807, 2.05) is 54.6 Å². The van der Waals surface area contributed by atoms with Crippen molar-refractivity contribution in [2.75, 3.05) is 10.2 Å².